The minimum absolute atomic E-state index is 0.295. The van der Waals surface area contributed by atoms with E-state index < -0.39 is 5.97 Å². The van der Waals surface area contributed by atoms with Crippen LogP contribution in [0, 0.1) is 6.92 Å². The highest BCUT2D eigenvalue weighted by molar-refractivity contribution is 6.03. The first-order valence-corrected chi connectivity index (χ1v) is 4.28. The first kappa shape index (κ1) is 8.69. The maximum Gasteiger partial charge on any atom is 0.338 e. The number of aromatic carboxylic acids is 1. The monoisotopic (exact) mass is 187 g/mol. The molecule has 0 fully saturated rings. The van der Waals surface area contributed by atoms with Crippen LogP contribution in [-0.2, 0) is 0 Å². The van der Waals surface area contributed by atoms with Gasteiger partial charge in [-0.1, -0.05) is 18.2 Å². The number of benzene rings is 1. The summed E-state index contributed by atoms with van der Waals surface area (Å²) in [6, 6.07) is 7.33. The molecule has 1 aromatic heterocycles. The molecule has 70 valence electrons. The predicted molar refractivity (Wildman–Crippen MR) is 53.4 cm³/mol. The normalized spacial score (nSPS) is 10.4. The third-order valence-corrected chi connectivity index (χ3v) is 2.20. The van der Waals surface area contributed by atoms with Gasteiger partial charge < -0.3 is 5.11 Å². The Labute approximate surface area is 81.0 Å². The molecule has 2 rings (SSSR count). The van der Waals surface area contributed by atoms with Gasteiger partial charge >= 0.3 is 5.97 Å². The van der Waals surface area contributed by atoms with Gasteiger partial charge in [-0.3, -0.25) is 4.98 Å². The molecule has 0 aliphatic carbocycles. The average Bonchev–Trinajstić information content (AvgIpc) is 2.17. The highest BCUT2D eigenvalue weighted by Gasteiger charge is 2.11. The molecular formula is C11H9NO2. The van der Waals surface area contributed by atoms with Gasteiger partial charge in [0.2, 0.25) is 0 Å². The van der Waals surface area contributed by atoms with Crippen LogP contribution in [0.4, 0.5) is 0 Å². The van der Waals surface area contributed by atoms with Crippen molar-refractivity contribution in [2.24, 2.45) is 0 Å². The van der Waals surface area contributed by atoms with Crippen molar-refractivity contribution in [3.8, 4) is 0 Å². The summed E-state index contributed by atoms with van der Waals surface area (Å²) in [5, 5.41) is 9.88. The maximum atomic E-state index is 11.0. The van der Waals surface area contributed by atoms with Crippen molar-refractivity contribution < 1.29 is 9.90 Å². The summed E-state index contributed by atoms with van der Waals surface area (Å²) in [5.41, 5.74) is 1.59. The minimum atomic E-state index is -0.924. The second kappa shape index (κ2) is 3.10. The van der Waals surface area contributed by atoms with Gasteiger partial charge in [0.15, 0.2) is 0 Å². The number of nitrogens with zero attached hydrogens (tertiary/aromatic N) is 1. The molecule has 0 bridgehead atoms. The van der Waals surface area contributed by atoms with Crippen LogP contribution in [0.1, 0.15) is 15.9 Å². The lowest BCUT2D eigenvalue weighted by atomic mass is 10.0. The van der Waals surface area contributed by atoms with Gasteiger partial charge in [0.05, 0.1) is 11.1 Å². The number of hydrogen-bond acceptors (Lipinski definition) is 2. The predicted octanol–water partition coefficient (Wildman–Crippen LogP) is 2.24. The van der Waals surface area contributed by atoms with Gasteiger partial charge in [0.25, 0.3) is 0 Å². The molecule has 0 amide bonds. The zero-order valence-corrected chi connectivity index (χ0v) is 7.69. The average molecular weight is 187 g/mol. The lowest BCUT2D eigenvalue weighted by molar-refractivity contribution is 0.0698. The third-order valence-electron chi connectivity index (χ3n) is 2.20. The summed E-state index contributed by atoms with van der Waals surface area (Å²) >= 11 is 0. The summed E-state index contributed by atoms with van der Waals surface area (Å²) in [6.45, 7) is 1.78. The number of hydrogen-bond donors (Lipinski definition) is 1. The van der Waals surface area contributed by atoms with Crippen molar-refractivity contribution in [2.75, 3.05) is 0 Å². The molecule has 3 nitrogen and oxygen atoms in total. The number of carbonyl (C=O) groups is 1. The summed E-state index contributed by atoms with van der Waals surface area (Å²) in [4.78, 5) is 15.1. The van der Waals surface area contributed by atoms with E-state index in [1.165, 1.54) is 0 Å². The molecule has 0 spiro atoms. The van der Waals surface area contributed by atoms with Crippen LogP contribution in [0.3, 0.4) is 0 Å². The Morgan fingerprint density at radius 2 is 2.14 bits per heavy atom. The number of fused-ring (bicyclic) bond motifs is 1. The Morgan fingerprint density at radius 1 is 1.36 bits per heavy atom. The van der Waals surface area contributed by atoms with Gasteiger partial charge in [-0.05, 0) is 18.6 Å². The van der Waals surface area contributed by atoms with E-state index in [4.69, 9.17) is 5.11 Å². The second-order valence-corrected chi connectivity index (χ2v) is 3.14. The molecule has 2 aromatic rings. The van der Waals surface area contributed by atoms with Crippen molar-refractivity contribution in [1.82, 2.24) is 4.98 Å². The Bertz CT molecular complexity index is 506. The Morgan fingerprint density at radius 3 is 2.86 bits per heavy atom. The molecule has 0 aliphatic rings. The first-order valence-electron chi connectivity index (χ1n) is 4.28. The van der Waals surface area contributed by atoms with Gasteiger partial charge in [-0.15, -0.1) is 0 Å². The zero-order valence-electron chi connectivity index (χ0n) is 7.69. The lowest BCUT2D eigenvalue weighted by Crippen LogP contribution is -2.01. The van der Waals surface area contributed by atoms with Crippen molar-refractivity contribution in [3.05, 3.63) is 41.6 Å². The van der Waals surface area contributed by atoms with Crippen LogP contribution in [0.2, 0.25) is 0 Å². The number of carboxylic acid groups (broad SMARTS) is 1. The van der Waals surface area contributed by atoms with Crippen molar-refractivity contribution >= 4 is 16.9 Å². The lowest BCUT2D eigenvalue weighted by Gasteiger charge is -2.04. The van der Waals surface area contributed by atoms with Gasteiger partial charge in [0.1, 0.15) is 0 Å². The van der Waals surface area contributed by atoms with Crippen LogP contribution in [0.25, 0.3) is 10.9 Å². The molecule has 0 saturated carbocycles. The highest BCUT2D eigenvalue weighted by atomic mass is 16.4. The summed E-state index contributed by atoms with van der Waals surface area (Å²) in [7, 11) is 0. The van der Waals surface area contributed by atoms with Crippen LogP contribution < -0.4 is 0 Å². The smallest absolute Gasteiger partial charge is 0.338 e. The molecule has 1 aromatic carbocycles. The molecule has 1 N–H and O–H groups in total. The first-order chi connectivity index (χ1) is 6.70. The molecule has 3 heteroatoms. The fourth-order valence-electron chi connectivity index (χ4n) is 1.52. The highest BCUT2D eigenvalue weighted by Crippen LogP contribution is 2.19. The molecule has 0 atom stereocenters. The Balaban J connectivity index is 2.90. The molecule has 0 saturated heterocycles. The van der Waals surface area contributed by atoms with Gasteiger partial charge in [-0.25, -0.2) is 4.79 Å². The zero-order chi connectivity index (χ0) is 10.1. The largest absolute Gasteiger partial charge is 0.478 e. The van der Waals surface area contributed by atoms with Crippen LogP contribution in [-0.4, -0.2) is 16.1 Å². The quantitative estimate of drug-likeness (QED) is 0.744. The standard InChI is InChI=1S/C11H9NO2/c1-7-4-5-8-3-2-6-12-10(8)9(7)11(13)14/h2-6H,1H3,(H,13,14). The number of pyridine rings is 1. The van der Waals surface area contributed by atoms with E-state index in [1.54, 1.807) is 25.3 Å². The fourth-order valence-corrected chi connectivity index (χ4v) is 1.52. The molecule has 0 radical (unpaired) electrons. The van der Waals surface area contributed by atoms with E-state index in [0.29, 0.717) is 11.1 Å². The van der Waals surface area contributed by atoms with E-state index in [9.17, 15) is 4.79 Å². The van der Waals surface area contributed by atoms with Crippen LogP contribution in [0.15, 0.2) is 30.5 Å². The second-order valence-electron chi connectivity index (χ2n) is 3.14. The third kappa shape index (κ3) is 1.23. The number of aryl methyl sites for hydroxylation is 1. The summed E-state index contributed by atoms with van der Waals surface area (Å²) < 4.78 is 0. The Kier molecular flexibility index (Phi) is 1.93. The molecule has 14 heavy (non-hydrogen) atoms. The number of aromatic nitrogens is 1. The molecule has 0 unspecified atom stereocenters. The maximum absolute atomic E-state index is 11.0. The molecule has 1 heterocycles. The van der Waals surface area contributed by atoms with E-state index in [-0.39, 0.29) is 0 Å². The van der Waals surface area contributed by atoms with Crippen molar-refractivity contribution in [3.63, 3.8) is 0 Å². The van der Waals surface area contributed by atoms with Gasteiger partial charge in [0, 0.05) is 11.6 Å². The van der Waals surface area contributed by atoms with Crippen LogP contribution in [0.5, 0.6) is 0 Å². The van der Waals surface area contributed by atoms with E-state index in [2.05, 4.69) is 4.98 Å². The fraction of sp³-hybridized carbons (Fsp3) is 0.0909. The van der Waals surface area contributed by atoms with Crippen LogP contribution >= 0.6 is 0 Å². The number of rotatable bonds is 1. The summed E-state index contributed by atoms with van der Waals surface area (Å²) in [6.07, 6.45) is 1.61. The van der Waals surface area contributed by atoms with Crippen molar-refractivity contribution in [2.45, 2.75) is 6.92 Å². The number of carboxylic acids is 1. The molecule has 0 aliphatic heterocycles. The molecular weight excluding hydrogens is 178 g/mol. The van der Waals surface area contributed by atoms with E-state index >= 15 is 0 Å². The van der Waals surface area contributed by atoms with E-state index in [0.717, 1.165) is 10.9 Å². The van der Waals surface area contributed by atoms with E-state index in [1.807, 2.05) is 12.1 Å². The van der Waals surface area contributed by atoms with Crippen molar-refractivity contribution in [1.29, 1.82) is 0 Å². The Hall–Kier alpha value is -1.90. The minimum Gasteiger partial charge on any atom is -0.478 e. The topological polar surface area (TPSA) is 50.2 Å². The SMILES string of the molecule is Cc1ccc2cccnc2c1C(=O)O. The summed E-state index contributed by atoms with van der Waals surface area (Å²) in [5.74, 6) is -0.924. The van der Waals surface area contributed by atoms with Gasteiger partial charge in [-0.2, -0.15) is 0 Å².